The van der Waals surface area contributed by atoms with E-state index < -0.39 is 34.0 Å². The van der Waals surface area contributed by atoms with Crippen molar-refractivity contribution in [2.45, 2.75) is 19.0 Å². The lowest BCUT2D eigenvalue weighted by atomic mass is 10.1. The van der Waals surface area contributed by atoms with E-state index in [2.05, 4.69) is 4.98 Å². The Morgan fingerprint density at radius 2 is 2.00 bits per heavy atom. The highest BCUT2D eigenvalue weighted by Crippen LogP contribution is 2.33. The summed E-state index contributed by atoms with van der Waals surface area (Å²) in [4.78, 5) is 3.08. The number of aromatic nitrogens is 1. The lowest BCUT2D eigenvalue weighted by molar-refractivity contribution is -0.141. The lowest BCUT2D eigenvalue weighted by Crippen LogP contribution is -2.12. The Labute approximate surface area is 107 Å². The van der Waals surface area contributed by atoms with Crippen molar-refractivity contribution in [3.63, 3.8) is 0 Å². The van der Waals surface area contributed by atoms with Gasteiger partial charge < -0.3 is 0 Å². The fourth-order valence-electron chi connectivity index (χ4n) is 1.18. The van der Waals surface area contributed by atoms with Gasteiger partial charge >= 0.3 is 6.18 Å². The molecule has 17 heavy (non-hydrogen) atoms. The Bertz CT molecular complexity index is 464. The Kier molecular flexibility index (Phi) is 4.24. The maximum Gasteiger partial charge on any atom is 0.433 e. The predicted octanol–water partition coefficient (Wildman–Crippen LogP) is 3.71. The third-order valence-corrected chi connectivity index (χ3v) is 2.70. The number of pyridine rings is 1. The van der Waals surface area contributed by atoms with Crippen LogP contribution < -0.4 is 0 Å². The van der Waals surface area contributed by atoms with Gasteiger partial charge in [-0.05, 0) is 34.2 Å². The smallest absolute Gasteiger partial charge is 0.237 e. The van der Waals surface area contributed by atoms with Gasteiger partial charge in [0.15, 0.2) is 0 Å². The number of hydrogen-bond acceptors (Lipinski definition) is 2. The van der Waals surface area contributed by atoms with Gasteiger partial charge in [0.25, 0.3) is 6.43 Å². The second-order valence-corrected chi connectivity index (χ2v) is 4.03. The van der Waals surface area contributed by atoms with E-state index in [9.17, 15) is 22.0 Å². The van der Waals surface area contributed by atoms with Crippen LogP contribution >= 0.6 is 22.6 Å². The molecule has 0 atom stereocenters. The van der Waals surface area contributed by atoms with E-state index in [-0.39, 0.29) is 5.56 Å². The second-order valence-electron chi connectivity index (χ2n) is 3.00. The molecule has 0 unspecified atom stereocenters. The van der Waals surface area contributed by atoms with E-state index >= 15 is 0 Å². The fraction of sp³-hybridized carbons (Fsp3) is 0.333. The van der Waals surface area contributed by atoms with Gasteiger partial charge in [-0.15, -0.1) is 0 Å². The van der Waals surface area contributed by atoms with Crippen LogP contribution in [0.25, 0.3) is 0 Å². The van der Waals surface area contributed by atoms with E-state index in [1.807, 2.05) is 0 Å². The van der Waals surface area contributed by atoms with Crippen LogP contribution in [-0.4, -0.2) is 4.98 Å². The van der Waals surface area contributed by atoms with Crippen LogP contribution in [0.5, 0.6) is 0 Å². The van der Waals surface area contributed by atoms with Crippen molar-refractivity contribution in [3.05, 3.63) is 26.6 Å². The zero-order valence-electron chi connectivity index (χ0n) is 8.02. The summed E-state index contributed by atoms with van der Waals surface area (Å²) in [5.74, 6) is 0. The predicted molar refractivity (Wildman–Crippen MR) is 56.2 cm³/mol. The quantitative estimate of drug-likeness (QED) is 0.457. The summed E-state index contributed by atoms with van der Waals surface area (Å²) in [5, 5.41) is 8.41. The van der Waals surface area contributed by atoms with Gasteiger partial charge in [0.05, 0.1) is 18.1 Å². The molecule has 0 N–H and O–H groups in total. The number of halogens is 6. The van der Waals surface area contributed by atoms with Crippen LogP contribution in [0.2, 0.25) is 0 Å². The minimum Gasteiger partial charge on any atom is -0.237 e. The number of rotatable bonds is 2. The molecule has 0 bridgehead atoms. The SMILES string of the molecule is N#CCc1cc(C(F)(F)F)nc(I)c1C(F)F. The molecule has 1 rings (SSSR count). The van der Waals surface area contributed by atoms with Gasteiger partial charge in [-0.3, -0.25) is 0 Å². The molecule has 1 aromatic rings. The number of nitrogens with zero attached hydrogens (tertiary/aromatic N) is 2. The Morgan fingerprint density at radius 3 is 2.41 bits per heavy atom. The van der Waals surface area contributed by atoms with Crippen molar-refractivity contribution < 1.29 is 22.0 Å². The Morgan fingerprint density at radius 1 is 1.41 bits per heavy atom. The molecule has 0 spiro atoms. The summed E-state index contributed by atoms with van der Waals surface area (Å²) in [6.45, 7) is 0. The van der Waals surface area contributed by atoms with Crippen LogP contribution in [0, 0.1) is 15.0 Å². The van der Waals surface area contributed by atoms with Gasteiger partial charge in [-0.1, -0.05) is 0 Å². The molecule has 0 aliphatic heterocycles. The summed E-state index contributed by atoms with van der Waals surface area (Å²) < 4.78 is 61.9. The molecule has 1 aromatic heterocycles. The van der Waals surface area contributed by atoms with Crippen molar-refractivity contribution in [1.29, 1.82) is 5.26 Å². The number of alkyl halides is 5. The minimum absolute atomic E-state index is 0.339. The first-order valence-corrected chi connectivity index (χ1v) is 5.27. The van der Waals surface area contributed by atoms with Crippen molar-refractivity contribution in [1.82, 2.24) is 4.98 Å². The van der Waals surface area contributed by atoms with Gasteiger partial charge in [0.1, 0.15) is 9.39 Å². The summed E-state index contributed by atoms with van der Waals surface area (Å²) in [6.07, 6.45) is -8.19. The highest BCUT2D eigenvalue weighted by atomic mass is 127. The van der Waals surface area contributed by atoms with Gasteiger partial charge in [0, 0.05) is 0 Å². The first-order chi connectivity index (χ1) is 7.77. The van der Waals surface area contributed by atoms with E-state index in [1.165, 1.54) is 22.6 Å². The first-order valence-electron chi connectivity index (χ1n) is 4.19. The highest BCUT2D eigenvalue weighted by molar-refractivity contribution is 14.1. The zero-order valence-corrected chi connectivity index (χ0v) is 10.2. The molecule has 0 saturated carbocycles. The molecule has 0 aliphatic carbocycles. The van der Waals surface area contributed by atoms with Crippen molar-refractivity contribution >= 4 is 22.6 Å². The molecule has 0 aliphatic rings. The van der Waals surface area contributed by atoms with Crippen LogP contribution in [0.4, 0.5) is 22.0 Å². The van der Waals surface area contributed by atoms with Crippen molar-refractivity contribution in [2.75, 3.05) is 0 Å². The molecule has 0 radical (unpaired) electrons. The molecule has 0 aromatic carbocycles. The summed E-state index contributed by atoms with van der Waals surface area (Å²) in [7, 11) is 0. The third kappa shape index (κ3) is 3.24. The largest absolute Gasteiger partial charge is 0.433 e. The lowest BCUT2D eigenvalue weighted by Gasteiger charge is -2.12. The monoisotopic (exact) mass is 362 g/mol. The Balaban J connectivity index is 3.42. The zero-order chi connectivity index (χ0) is 13.2. The van der Waals surface area contributed by atoms with Gasteiger partial charge in [-0.25, -0.2) is 13.8 Å². The molecular formula is C9H4F5IN2. The van der Waals surface area contributed by atoms with Gasteiger partial charge in [0.2, 0.25) is 0 Å². The maximum absolute atomic E-state index is 12.6. The molecule has 92 valence electrons. The molecule has 0 fully saturated rings. The summed E-state index contributed by atoms with van der Waals surface area (Å²) in [5.41, 5.74) is -2.22. The van der Waals surface area contributed by atoms with Crippen LogP contribution in [0.1, 0.15) is 23.2 Å². The van der Waals surface area contributed by atoms with Crippen LogP contribution in [0.3, 0.4) is 0 Å². The number of hydrogen-bond donors (Lipinski definition) is 0. The van der Waals surface area contributed by atoms with E-state index in [0.29, 0.717) is 6.07 Å². The molecule has 0 saturated heterocycles. The average Bonchev–Trinajstić information content (AvgIpc) is 2.15. The Hall–Kier alpha value is -0.980. The molecule has 2 nitrogen and oxygen atoms in total. The van der Waals surface area contributed by atoms with Crippen LogP contribution in [0.15, 0.2) is 6.07 Å². The third-order valence-electron chi connectivity index (χ3n) is 1.88. The van der Waals surface area contributed by atoms with Crippen molar-refractivity contribution in [2.24, 2.45) is 0 Å². The number of nitriles is 1. The summed E-state index contributed by atoms with van der Waals surface area (Å²) in [6, 6.07) is 2.05. The van der Waals surface area contributed by atoms with E-state index in [1.54, 1.807) is 6.07 Å². The standard InChI is InChI=1S/C9H4F5IN2/c10-7(11)6-4(1-2-16)3-5(9(12,13)14)17-8(6)15/h3,7H,1H2. The average molecular weight is 362 g/mol. The fourth-order valence-corrected chi connectivity index (χ4v) is 2.02. The minimum atomic E-state index is -4.72. The molecular weight excluding hydrogens is 358 g/mol. The normalized spacial score (nSPS) is 11.6. The van der Waals surface area contributed by atoms with Crippen molar-refractivity contribution in [3.8, 4) is 6.07 Å². The van der Waals surface area contributed by atoms with Crippen LogP contribution in [-0.2, 0) is 12.6 Å². The summed E-state index contributed by atoms with van der Waals surface area (Å²) >= 11 is 1.31. The topological polar surface area (TPSA) is 36.7 Å². The molecule has 1 heterocycles. The first kappa shape index (κ1) is 14.1. The molecule has 8 heteroatoms. The maximum atomic E-state index is 12.6. The van der Waals surface area contributed by atoms with E-state index in [4.69, 9.17) is 5.26 Å². The second kappa shape index (κ2) is 5.12. The highest BCUT2D eigenvalue weighted by Gasteiger charge is 2.34. The molecule has 0 amide bonds. The van der Waals surface area contributed by atoms with Gasteiger partial charge in [-0.2, -0.15) is 18.4 Å². The van der Waals surface area contributed by atoms with E-state index in [0.717, 1.165) is 0 Å².